The number of thioether (sulfide) groups is 1. The fourth-order valence-corrected chi connectivity index (χ4v) is 3.47. The fourth-order valence-electron chi connectivity index (χ4n) is 2.16. The van der Waals surface area contributed by atoms with E-state index in [1.165, 1.54) is 0 Å². The second-order valence-electron chi connectivity index (χ2n) is 4.02. The Morgan fingerprint density at radius 3 is 3.17 bits per heavy atom. The van der Waals surface area contributed by atoms with Crippen molar-refractivity contribution < 1.29 is 5.21 Å². The predicted molar refractivity (Wildman–Crippen MR) is 70.6 cm³/mol. The monoisotopic (exact) mass is 260 g/mol. The smallest absolute Gasteiger partial charge is 0.171 e. The van der Waals surface area contributed by atoms with Crippen molar-refractivity contribution in [1.82, 2.24) is 9.55 Å². The first-order valence-corrected chi connectivity index (χ1v) is 6.55. The van der Waals surface area contributed by atoms with Gasteiger partial charge >= 0.3 is 0 Å². The van der Waals surface area contributed by atoms with Gasteiger partial charge in [-0.1, -0.05) is 11.2 Å². The number of nitrogens with zero attached hydrogens (tertiary/aromatic N) is 3. The minimum absolute atomic E-state index is 0.163. The van der Waals surface area contributed by atoms with E-state index >= 15 is 0 Å². The molecular weight excluding hydrogens is 248 g/mol. The standard InChI is InChI=1S/C12H12N4OS/c13-11(15-17)9-3-5-16-10(9)7-18-12(16)8-2-1-4-14-6-8/h1-6,12,17H,7H2,(H2,13,15). The van der Waals surface area contributed by atoms with Crippen molar-refractivity contribution in [3.63, 3.8) is 0 Å². The van der Waals surface area contributed by atoms with E-state index in [4.69, 9.17) is 10.9 Å². The van der Waals surface area contributed by atoms with Crippen LogP contribution in [-0.2, 0) is 5.75 Å². The van der Waals surface area contributed by atoms with Crippen molar-refractivity contribution in [3.8, 4) is 0 Å². The van der Waals surface area contributed by atoms with Gasteiger partial charge in [-0.25, -0.2) is 0 Å². The van der Waals surface area contributed by atoms with Gasteiger partial charge in [-0.05, 0) is 12.1 Å². The van der Waals surface area contributed by atoms with Crippen LogP contribution in [0.4, 0.5) is 0 Å². The molecule has 1 aliphatic heterocycles. The van der Waals surface area contributed by atoms with Crippen LogP contribution in [0.1, 0.15) is 22.2 Å². The number of amidine groups is 1. The fraction of sp³-hybridized carbons (Fsp3) is 0.167. The van der Waals surface area contributed by atoms with E-state index in [9.17, 15) is 0 Å². The lowest BCUT2D eigenvalue weighted by Crippen LogP contribution is -2.14. The molecule has 3 rings (SSSR count). The van der Waals surface area contributed by atoms with Gasteiger partial charge in [0.15, 0.2) is 5.84 Å². The van der Waals surface area contributed by atoms with Crippen LogP contribution in [0.2, 0.25) is 0 Å². The summed E-state index contributed by atoms with van der Waals surface area (Å²) in [5.41, 5.74) is 8.71. The molecular formula is C12H12N4OS. The Morgan fingerprint density at radius 2 is 2.44 bits per heavy atom. The third-order valence-corrected chi connectivity index (χ3v) is 4.26. The highest BCUT2D eigenvalue weighted by molar-refractivity contribution is 7.99. The van der Waals surface area contributed by atoms with Crippen LogP contribution < -0.4 is 5.73 Å². The molecule has 0 saturated heterocycles. The lowest BCUT2D eigenvalue weighted by atomic mass is 10.2. The van der Waals surface area contributed by atoms with Crippen LogP contribution in [0.3, 0.4) is 0 Å². The molecule has 0 saturated carbocycles. The summed E-state index contributed by atoms with van der Waals surface area (Å²) >= 11 is 1.80. The number of nitrogens with two attached hydrogens (primary N) is 1. The molecule has 0 fully saturated rings. The molecule has 3 N–H and O–H groups in total. The van der Waals surface area contributed by atoms with E-state index in [0.29, 0.717) is 0 Å². The third kappa shape index (κ3) is 1.65. The number of fused-ring (bicyclic) bond motifs is 1. The lowest BCUT2D eigenvalue weighted by molar-refractivity contribution is 0.318. The second-order valence-corrected chi connectivity index (χ2v) is 5.09. The zero-order chi connectivity index (χ0) is 12.5. The van der Waals surface area contributed by atoms with E-state index in [-0.39, 0.29) is 11.2 Å². The average Bonchev–Trinajstić information content (AvgIpc) is 3.00. The summed E-state index contributed by atoms with van der Waals surface area (Å²) in [7, 11) is 0. The molecule has 1 aliphatic rings. The van der Waals surface area contributed by atoms with Crippen molar-refractivity contribution in [2.24, 2.45) is 10.9 Å². The molecule has 1 unspecified atom stereocenters. The van der Waals surface area contributed by atoms with Crippen molar-refractivity contribution in [2.45, 2.75) is 11.1 Å². The van der Waals surface area contributed by atoms with Crippen LogP contribution in [0, 0.1) is 0 Å². The zero-order valence-electron chi connectivity index (χ0n) is 9.52. The van der Waals surface area contributed by atoms with E-state index in [2.05, 4.69) is 20.8 Å². The van der Waals surface area contributed by atoms with Gasteiger partial charge in [-0.3, -0.25) is 4.98 Å². The molecule has 0 bridgehead atoms. The van der Waals surface area contributed by atoms with Gasteiger partial charge in [0.2, 0.25) is 0 Å². The van der Waals surface area contributed by atoms with Gasteiger partial charge in [0.25, 0.3) is 0 Å². The Bertz CT molecular complexity index is 593. The minimum atomic E-state index is 0.163. The van der Waals surface area contributed by atoms with Gasteiger partial charge in [0.05, 0.1) is 0 Å². The second kappa shape index (κ2) is 4.38. The summed E-state index contributed by atoms with van der Waals surface area (Å²) in [6, 6.07) is 5.87. The SMILES string of the molecule is NC(=NO)c1ccn2c1CSC2c1cccnc1. The number of hydrogen-bond acceptors (Lipinski definition) is 4. The first-order chi connectivity index (χ1) is 8.81. The molecule has 0 radical (unpaired) electrons. The number of oxime groups is 1. The molecule has 2 aromatic heterocycles. The minimum Gasteiger partial charge on any atom is -0.409 e. The van der Waals surface area contributed by atoms with Crippen LogP contribution in [0.15, 0.2) is 41.9 Å². The number of hydrogen-bond donors (Lipinski definition) is 2. The molecule has 0 spiro atoms. The van der Waals surface area contributed by atoms with Crippen molar-refractivity contribution in [2.75, 3.05) is 0 Å². The first-order valence-electron chi connectivity index (χ1n) is 5.50. The van der Waals surface area contributed by atoms with Crippen LogP contribution >= 0.6 is 11.8 Å². The maximum absolute atomic E-state index is 8.76. The van der Waals surface area contributed by atoms with Crippen molar-refractivity contribution in [1.29, 1.82) is 0 Å². The molecule has 0 amide bonds. The van der Waals surface area contributed by atoms with Gasteiger partial charge < -0.3 is 15.5 Å². The van der Waals surface area contributed by atoms with E-state index in [1.54, 1.807) is 18.0 Å². The summed E-state index contributed by atoms with van der Waals surface area (Å²) in [6.45, 7) is 0. The molecule has 5 nitrogen and oxygen atoms in total. The van der Waals surface area contributed by atoms with Gasteiger partial charge in [0, 0.05) is 41.2 Å². The Kier molecular flexibility index (Phi) is 2.71. The van der Waals surface area contributed by atoms with Crippen LogP contribution in [0.25, 0.3) is 0 Å². The lowest BCUT2D eigenvalue weighted by Gasteiger charge is -2.11. The normalized spacial score (nSPS) is 18.9. The summed E-state index contributed by atoms with van der Waals surface area (Å²) in [5, 5.41) is 12.0. The van der Waals surface area contributed by atoms with Gasteiger partial charge in [-0.2, -0.15) is 0 Å². The molecule has 18 heavy (non-hydrogen) atoms. The third-order valence-electron chi connectivity index (χ3n) is 3.01. The van der Waals surface area contributed by atoms with E-state index in [1.807, 2.05) is 24.5 Å². The van der Waals surface area contributed by atoms with Crippen molar-refractivity contribution >= 4 is 17.6 Å². The Balaban J connectivity index is 2.01. The van der Waals surface area contributed by atoms with Crippen molar-refractivity contribution in [3.05, 3.63) is 53.6 Å². The largest absolute Gasteiger partial charge is 0.409 e. The Morgan fingerprint density at radius 1 is 1.56 bits per heavy atom. The molecule has 1 atom stereocenters. The number of aromatic nitrogens is 2. The maximum atomic E-state index is 8.76. The zero-order valence-corrected chi connectivity index (χ0v) is 10.3. The summed E-state index contributed by atoms with van der Waals surface area (Å²) in [4.78, 5) is 4.15. The van der Waals surface area contributed by atoms with Crippen LogP contribution in [0.5, 0.6) is 0 Å². The van der Waals surface area contributed by atoms with Gasteiger partial charge in [0.1, 0.15) is 5.37 Å². The quantitative estimate of drug-likeness (QED) is 0.373. The first kappa shape index (κ1) is 11.2. The number of pyridine rings is 1. The Hall–Kier alpha value is -1.95. The average molecular weight is 260 g/mol. The highest BCUT2D eigenvalue weighted by Crippen LogP contribution is 2.41. The highest BCUT2D eigenvalue weighted by atomic mass is 32.2. The van der Waals surface area contributed by atoms with Gasteiger partial charge in [-0.15, -0.1) is 11.8 Å². The summed E-state index contributed by atoms with van der Waals surface area (Å²) < 4.78 is 2.15. The molecule has 0 aliphatic carbocycles. The van der Waals surface area contributed by atoms with Crippen LogP contribution in [-0.4, -0.2) is 20.6 Å². The molecule has 6 heteroatoms. The molecule has 2 aromatic rings. The highest BCUT2D eigenvalue weighted by Gasteiger charge is 2.27. The van der Waals surface area contributed by atoms with E-state index < -0.39 is 0 Å². The Labute approximate surface area is 108 Å². The summed E-state index contributed by atoms with van der Waals surface area (Å²) in [6.07, 6.45) is 5.61. The summed E-state index contributed by atoms with van der Waals surface area (Å²) in [5.74, 6) is 1.01. The predicted octanol–water partition coefficient (Wildman–Crippen LogP) is 1.77. The molecule has 0 aromatic carbocycles. The topological polar surface area (TPSA) is 76.4 Å². The molecule has 3 heterocycles. The van der Waals surface area contributed by atoms with E-state index in [0.717, 1.165) is 22.6 Å². The molecule has 92 valence electrons. The number of rotatable bonds is 2. The maximum Gasteiger partial charge on any atom is 0.171 e.